The van der Waals surface area contributed by atoms with E-state index in [1.807, 2.05) is 30.3 Å². The van der Waals surface area contributed by atoms with E-state index in [2.05, 4.69) is 10.0 Å². The number of halogens is 1. The summed E-state index contributed by atoms with van der Waals surface area (Å²) in [4.78, 5) is 14.8. The van der Waals surface area contributed by atoms with Gasteiger partial charge >= 0.3 is 0 Å². The summed E-state index contributed by atoms with van der Waals surface area (Å²) in [6.07, 6.45) is 1.50. The van der Waals surface area contributed by atoms with Crippen LogP contribution < -0.4 is 10.0 Å². The smallest absolute Gasteiger partial charge is 0.253 e. The predicted octanol–water partition coefficient (Wildman–Crippen LogP) is 4.02. The van der Waals surface area contributed by atoms with Gasteiger partial charge in [-0.15, -0.1) is 0 Å². The summed E-state index contributed by atoms with van der Waals surface area (Å²) in [5.41, 5.74) is 2.05. The van der Waals surface area contributed by atoms with Crippen molar-refractivity contribution in [1.82, 2.24) is 9.62 Å². The Morgan fingerprint density at radius 3 is 2.33 bits per heavy atom. The Hall–Kier alpha value is -3.23. The molecule has 0 saturated carbocycles. The molecule has 33 heavy (non-hydrogen) atoms. The van der Waals surface area contributed by atoms with E-state index in [4.69, 9.17) is 0 Å². The second-order valence-corrected chi connectivity index (χ2v) is 9.82. The lowest BCUT2D eigenvalue weighted by molar-refractivity contribution is 0.0718. The fraction of sp³-hybridized carbons (Fsp3) is 0.240. The van der Waals surface area contributed by atoms with Gasteiger partial charge in [-0.2, -0.15) is 0 Å². The molecule has 1 saturated heterocycles. The minimum Gasteiger partial charge on any atom is -0.382 e. The van der Waals surface area contributed by atoms with Crippen LogP contribution in [0.25, 0.3) is 0 Å². The van der Waals surface area contributed by atoms with Gasteiger partial charge in [-0.25, -0.2) is 17.5 Å². The monoisotopic (exact) mass is 467 g/mol. The zero-order valence-corrected chi connectivity index (χ0v) is 18.9. The Morgan fingerprint density at radius 2 is 1.64 bits per heavy atom. The van der Waals surface area contributed by atoms with Crippen molar-refractivity contribution in [2.24, 2.45) is 0 Å². The fourth-order valence-corrected chi connectivity index (χ4v) is 4.91. The van der Waals surface area contributed by atoms with E-state index < -0.39 is 10.0 Å². The van der Waals surface area contributed by atoms with Crippen LogP contribution in [0.1, 0.15) is 28.8 Å². The molecule has 8 heteroatoms. The number of benzene rings is 3. The highest BCUT2D eigenvalue weighted by Gasteiger charge is 2.25. The third kappa shape index (κ3) is 5.97. The number of hydrogen-bond acceptors (Lipinski definition) is 4. The molecule has 0 bridgehead atoms. The van der Waals surface area contributed by atoms with Gasteiger partial charge in [-0.1, -0.05) is 36.4 Å². The summed E-state index contributed by atoms with van der Waals surface area (Å²) in [5, 5.41) is 3.37. The van der Waals surface area contributed by atoms with Crippen molar-refractivity contribution in [3.63, 3.8) is 0 Å². The minimum absolute atomic E-state index is 0.0668. The van der Waals surface area contributed by atoms with Crippen LogP contribution in [-0.2, 0) is 16.6 Å². The van der Waals surface area contributed by atoms with Crippen LogP contribution in [0.2, 0.25) is 0 Å². The van der Waals surface area contributed by atoms with Crippen LogP contribution >= 0.6 is 0 Å². The fourth-order valence-electron chi connectivity index (χ4n) is 3.85. The summed E-state index contributed by atoms with van der Waals surface area (Å²) < 4.78 is 41.1. The van der Waals surface area contributed by atoms with Crippen LogP contribution in [0.15, 0.2) is 83.8 Å². The van der Waals surface area contributed by atoms with Crippen LogP contribution in [0.5, 0.6) is 0 Å². The topological polar surface area (TPSA) is 78.5 Å². The highest BCUT2D eigenvalue weighted by Crippen LogP contribution is 2.20. The summed E-state index contributed by atoms with van der Waals surface area (Å²) in [6.45, 7) is 1.29. The molecule has 0 aliphatic carbocycles. The first-order chi connectivity index (χ1) is 15.9. The number of likely N-dealkylation sites (tertiary alicyclic amines) is 1. The molecule has 3 aromatic rings. The molecule has 1 amide bonds. The van der Waals surface area contributed by atoms with Crippen molar-refractivity contribution < 1.29 is 17.6 Å². The normalized spacial score (nSPS) is 14.8. The molecular weight excluding hydrogens is 441 g/mol. The first-order valence-corrected chi connectivity index (χ1v) is 12.3. The maximum absolute atomic E-state index is 13.1. The molecule has 1 aliphatic rings. The van der Waals surface area contributed by atoms with Crippen LogP contribution in [-0.4, -0.2) is 38.4 Å². The van der Waals surface area contributed by atoms with Crippen LogP contribution in [0, 0.1) is 5.82 Å². The van der Waals surface area contributed by atoms with Crippen molar-refractivity contribution in [2.45, 2.75) is 30.3 Å². The van der Waals surface area contributed by atoms with Crippen molar-refractivity contribution in [2.75, 3.05) is 18.4 Å². The quantitative estimate of drug-likeness (QED) is 0.550. The van der Waals surface area contributed by atoms with Gasteiger partial charge in [-0.05, 0) is 60.9 Å². The van der Waals surface area contributed by atoms with E-state index in [0.717, 1.165) is 24.1 Å². The van der Waals surface area contributed by atoms with Crippen LogP contribution in [0.3, 0.4) is 0 Å². The molecule has 3 aromatic carbocycles. The number of amides is 1. The molecule has 6 nitrogen and oxygen atoms in total. The van der Waals surface area contributed by atoms with Crippen LogP contribution in [0.4, 0.5) is 10.1 Å². The first kappa shape index (κ1) is 22.9. The van der Waals surface area contributed by atoms with Crippen molar-refractivity contribution in [1.29, 1.82) is 0 Å². The zero-order chi connectivity index (χ0) is 23.3. The number of sulfonamides is 1. The summed E-state index contributed by atoms with van der Waals surface area (Å²) in [6, 6.07) is 21.8. The first-order valence-electron chi connectivity index (χ1n) is 10.9. The van der Waals surface area contributed by atoms with Crippen molar-refractivity contribution in [3.8, 4) is 0 Å². The van der Waals surface area contributed by atoms with E-state index in [1.54, 1.807) is 29.2 Å². The number of nitrogens with one attached hydrogen (secondary N) is 2. The van der Waals surface area contributed by atoms with Gasteiger partial charge in [-0.3, -0.25) is 4.79 Å². The van der Waals surface area contributed by atoms with Crippen molar-refractivity contribution in [3.05, 3.63) is 95.8 Å². The Kier molecular flexibility index (Phi) is 7.05. The lowest BCUT2D eigenvalue weighted by Gasteiger charge is -2.33. The van der Waals surface area contributed by atoms with E-state index in [-0.39, 0.29) is 29.2 Å². The highest BCUT2D eigenvalue weighted by molar-refractivity contribution is 7.89. The molecule has 172 valence electrons. The third-order valence-electron chi connectivity index (χ3n) is 5.70. The number of hydrogen-bond donors (Lipinski definition) is 2. The lowest BCUT2D eigenvalue weighted by Crippen LogP contribution is -2.42. The molecule has 1 heterocycles. The van der Waals surface area contributed by atoms with Gasteiger partial charge in [0.2, 0.25) is 10.0 Å². The van der Waals surface area contributed by atoms with Gasteiger partial charge in [0.15, 0.2) is 0 Å². The number of rotatable bonds is 7. The zero-order valence-electron chi connectivity index (χ0n) is 18.1. The average Bonchev–Trinajstić information content (AvgIpc) is 2.85. The number of carbonyl (C=O) groups excluding carboxylic acids is 1. The van der Waals surface area contributed by atoms with Gasteiger partial charge in [0.05, 0.1) is 4.90 Å². The Morgan fingerprint density at radius 1 is 0.939 bits per heavy atom. The second kappa shape index (κ2) is 10.1. The van der Waals surface area contributed by atoms with E-state index in [1.165, 1.54) is 24.3 Å². The molecule has 0 atom stereocenters. The Labute approximate surface area is 193 Å². The predicted molar refractivity (Wildman–Crippen MR) is 126 cm³/mol. The SMILES string of the molecule is O=C(c1cccc(S(=O)(=O)NCc2ccccc2)c1)N1CCC(Nc2ccc(F)cc2)CC1. The number of carbonyl (C=O) groups is 1. The summed E-state index contributed by atoms with van der Waals surface area (Å²) in [5.74, 6) is -0.462. The largest absolute Gasteiger partial charge is 0.382 e. The van der Waals surface area contributed by atoms with E-state index in [0.29, 0.717) is 18.7 Å². The third-order valence-corrected chi connectivity index (χ3v) is 7.10. The number of piperidine rings is 1. The molecule has 4 rings (SSSR count). The molecule has 0 spiro atoms. The Bertz CT molecular complexity index is 1190. The molecule has 1 fully saturated rings. The Balaban J connectivity index is 1.36. The standard InChI is InChI=1S/C25H26FN3O3S/c26-21-9-11-22(12-10-21)28-23-13-15-29(16-14-23)25(30)20-7-4-8-24(17-20)33(31,32)27-18-19-5-2-1-3-6-19/h1-12,17,23,27-28H,13-16,18H2. The van der Waals surface area contributed by atoms with E-state index in [9.17, 15) is 17.6 Å². The molecule has 0 radical (unpaired) electrons. The molecule has 0 aromatic heterocycles. The molecule has 2 N–H and O–H groups in total. The molecule has 1 aliphatic heterocycles. The minimum atomic E-state index is -3.75. The summed E-state index contributed by atoms with van der Waals surface area (Å²) in [7, 11) is -3.75. The summed E-state index contributed by atoms with van der Waals surface area (Å²) >= 11 is 0. The molecule has 0 unspecified atom stereocenters. The lowest BCUT2D eigenvalue weighted by atomic mass is 10.0. The van der Waals surface area contributed by atoms with Gasteiger partial charge < -0.3 is 10.2 Å². The number of anilines is 1. The maximum atomic E-state index is 13.1. The van der Waals surface area contributed by atoms with Gasteiger partial charge in [0, 0.05) is 36.9 Å². The average molecular weight is 468 g/mol. The van der Waals surface area contributed by atoms with Gasteiger partial charge in [0.1, 0.15) is 5.82 Å². The highest BCUT2D eigenvalue weighted by atomic mass is 32.2. The van der Waals surface area contributed by atoms with Crippen molar-refractivity contribution >= 4 is 21.6 Å². The second-order valence-electron chi connectivity index (χ2n) is 8.06. The maximum Gasteiger partial charge on any atom is 0.253 e. The van der Waals surface area contributed by atoms with E-state index >= 15 is 0 Å². The molecular formula is C25H26FN3O3S. The number of nitrogens with zero attached hydrogens (tertiary/aromatic N) is 1. The van der Waals surface area contributed by atoms with Gasteiger partial charge in [0.25, 0.3) is 5.91 Å².